The largest absolute Gasteiger partial charge is 0.326 e. The van der Waals surface area contributed by atoms with Gasteiger partial charge < -0.3 is 5.32 Å². The summed E-state index contributed by atoms with van der Waals surface area (Å²) >= 11 is 5.79. The van der Waals surface area contributed by atoms with Gasteiger partial charge in [-0.15, -0.1) is 0 Å². The number of nitro benzene ring substituents is 1. The molecule has 1 N–H and O–H groups in total. The molecule has 5 nitrogen and oxygen atoms in total. The number of anilines is 1. The van der Waals surface area contributed by atoms with E-state index < -0.39 is 4.92 Å². The fourth-order valence-corrected chi connectivity index (χ4v) is 1.75. The molecule has 18 heavy (non-hydrogen) atoms. The van der Waals surface area contributed by atoms with Crippen LogP contribution >= 0.6 is 11.6 Å². The molecule has 0 aromatic heterocycles. The Morgan fingerprint density at radius 1 is 1.50 bits per heavy atom. The van der Waals surface area contributed by atoms with E-state index in [1.54, 1.807) is 6.92 Å². The minimum atomic E-state index is -0.547. The summed E-state index contributed by atoms with van der Waals surface area (Å²) in [6.45, 7) is 5.57. The van der Waals surface area contributed by atoms with E-state index in [2.05, 4.69) is 5.32 Å². The van der Waals surface area contributed by atoms with Crippen molar-refractivity contribution in [1.29, 1.82) is 0 Å². The number of halogens is 1. The Hall–Kier alpha value is -1.62. The van der Waals surface area contributed by atoms with Crippen LogP contribution in [0.5, 0.6) is 0 Å². The van der Waals surface area contributed by atoms with Crippen LogP contribution in [0.1, 0.15) is 25.8 Å². The number of hydrogen-bond acceptors (Lipinski definition) is 3. The summed E-state index contributed by atoms with van der Waals surface area (Å²) in [5, 5.41) is 13.4. The Kier molecular flexibility index (Phi) is 4.67. The van der Waals surface area contributed by atoms with Crippen LogP contribution in [0.2, 0.25) is 5.02 Å². The highest BCUT2D eigenvalue weighted by atomic mass is 35.5. The molecule has 0 bridgehead atoms. The number of carbonyl (C=O) groups excluding carboxylic acids is 1. The SMILES string of the molecule is Cc1cc([N+](=O)[O-])c(Cl)cc1NC(=O)CC(C)C. The molecule has 1 aromatic carbocycles. The number of hydrogen-bond donors (Lipinski definition) is 1. The van der Waals surface area contributed by atoms with Gasteiger partial charge in [-0.05, 0) is 24.5 Å². The second-order valence-electron chi connectivity index (χ2n) is 4.52. The van der Waals surface area contributed by atoms with E-state index in [4.69, 9.17) is 11.6 Å². The van der Waals surface area contributed by atoms with Crippen molar-refractivity contribution in [3.8, 4) is 0 Å². The molecule has 0 spiro atoms. The fourth-order valence-electron chi connectivity index (χ4n) is 1.51. The molecule has 0 saturated heterocycles. The van der Waals surface area contributed by atoms with Gasteiger partial charge in [0.2, 0.25) is 5.91 Å². The van der Waals surface area contributed by atoms with Gasteiger partial charge in [0, 0.05) is 18.2 Å². The topological polar surface area (TPSA) is 72.2 Å². The normalized spacial score (nSPS) is 10.5. The molecule has 0 fully saturated rings. The lowest BCUT2D eigenvalue weighted by atomic mass is 10.1. The Bertz CT molecular complexity index is 486. The van der Waals surface area contributed by atoms with Gasteiger partial charge in [-0.2, -0.15) is 0 Å². The van der Waals surface area contributed by atoms with E-state index in [1.807, 2.05) is 13.8 Å². The molecule has 0 aliphatic carbocycles. The Morgan fingerprint density at radius 2 is 2.11 bits per heavy atom. The summed E-state index contributed by atoms with van der Waals surface area (Å²) in [7, 11) is 0. The molecule has 1 rings (SSSR count). The van der Waals surface area contributed by atoms with Gasteiger partial charge in [-0.3, -0.25) is 14.9 Å². The van der Waals surface area contributed by atoms with Gasteiger partial charge in [-0.1, -0.05) is 25.4 Å². The quantitative estimate of drug-likeness (QED) is 0.672. The Morgan fingerprint density at radius 3 is 2.61 bits per heavy atom. The molecule has 98 valence electrons. The summed E-state index contributed by atoms with van der Waals surface area (Å²) in [4.78, 5) is 21.8. The van der Waals surface area contributed by atoms with Crippen molar-refractivity contribution in [3.63, 3.8) is 0 Å². The summed E-state index contributed by atoms with van der Waals surface area (Å²) in [5.74, 6) is 0.122. The maximum absolute atomic E-state index is 11.6. The molecular weight excluding hydrogens is 256 g/mol. The van der Waals surface area contributed by atoms with Gasteiger partial charge >= 0.3 is 0 Å². The van der Waals surface area contributed by atoms with Gasteiger partial charge in [-0.25, -0.2) is 0 Å². The van der Waals surface area contributed by atoms with E-state index in [-0.39, 0.29) is 22.5 Å². The molecule has 0 heterocycles. The smallest absolute Gasteiger partial charge is 0.288 e. The zero-order valence-corrected chi connectivity index (χ0v) is 11.2. The molecule has 6 heteroatoms. The lowest BCUT2D eigenvalue weighted by molar-refractivity contribution is -0.384. The van der Waals surface area contributed by atoms with Crippen molar-refractivity contribution in [2.24, 2.45) is 5.92 Å². The van der Waals surface area contributed by atoms with Gasteiger partial charge in [0.05, 0.1) is 4.92 Å². The molecule has 1 aromatic rings. The van der Waals surface area contributed by atoms with Crippen molar-refractivity contribution in [2.45, 2.75) is 27.2 Å². The van der Waals surface area contributed by atoms with Crippen molar-refractivity contribution >= 4 is 28.9 Å². The lowest BCUT2D eigenvalue weighted by Gasteiger charge is -2.10. The van der Waals surface area contributed by atoms with E-state index >= 15 is 0 Å². The third-order valence-corrected chi connectivity index (χ3v) is 2.66. The number of nitrogens with one attached hydrogen (secondary N) is 1. The molecule has 0 atom stereocenters. The standard InChI is InChI=1S/C12H15ClN2O3/c1-7(2)4-12(16)14-10-6-9(13)11(15(17)18)5-8(10)3/h5-7H,4H2,1-3H3,(H,14,16). The molecule has 0 aliphatic heterocycles. The number of nitro groups is 1. The molecule has 0 saturated carbocycles. The average molecular weight is 271 g/mol. The Labute approximate surface area is 110 Å². The van der Waals surface area contributed by atoms with E-state index in [0.29, 0.717) is 17.7 Å². The zero-order valence-electron chi connectivity index (χ0n) is 10.5. The maximum atomic E-state index is 11.6. The number of amides is 1. The first-order valence-electron chi connectivity index (χ1n) is 5.55. The number of benzene rings is 1. The molecule has 0 unspecified atom stereocenters. The highest BCUT2D eigenvalue weighted by molar-refractivity contribution is 6.33. The zero-order chi connectivity index (χ0) is 13.9. The summed E-state index contributed by atoms with van der Waals surface area (Å²) in [5.41, 5.74) is 0.968. The first-order chi connectivity index (χ1) is 8.31. The monoisotopic (exact) mass is 270 g/mol. The number of nitrogens with zero attached hydrogens (tertiary/aromatic N) is 1. The predicted molar refractivity (Wildman–Crippen MR) is 70.9 cm³/mol. The van der Waals surface area contributed by atoms with E-state index in [0.717, 1.165) is 0 Å². The highest BCUT2D eigenvalue weighted by Crippen LogP contribution is 2.30. The van der Waals surface area contributed by atoms with Gasteiger partial charge in [0.25, 0.3) is 5.69 Å². The fraction of sp³-hybridized carbons (Fsp3) is 0.417. The molecular formula is C12H15ClN2O3. The highest BCUT2D eigenvalue weighted by Gasteiger charge is 2.16. The predicted octanol–water partition coefficient (Wildman–Crippen LogP) is 3.54. The number of carbonyl (C=O) groups is 1. The van der Waals surface area contributed by atoms with Crippen molar-refractivity contribution < 1.29 is 9.72 Å². The van der Waals surface area contributed by atoms with Crippen LogP contribution in [-0.4, -0.2) is 10.8 Å². The van der Waals surface area contributed by atoms with Crippen molar-refractivity contribution in [1.82, 2.24) is 0 Å². The van der Waals surface area contributed by atoms with Crippen LogP contribution in [0.25, 0.3) is 0 Å². The summed E-state index contributed by atoms with van der Waals surface area (Å²) in [6, 6.07) is 2.76. The lowest BCUT2D eigenvalue weighted by Crippen LogP contribution is -2.14. The van der Waals surface area contributed by atoms with Crippen LogP contribution in [0, 0.1) is 23.0 Å². The Balaban J connectivity index is 2.95. The molecule has 1 amide bonds. The average Bonchev–Trinajstić information content (AvgIpc) is 2.21. The second kappa shape index (κ2) is 5.82. The van der Waals surface area contributed by atoms with E-state index in [1.165, 1.54) is 12.1 Å². The third kappa shape index (κ3) is 3.70. The minimum Gasteiger partial charge on any atom is -0.326 e. The van der Waals surface area contributed by atoms with Crippen LogP contribution in [0.15, 0.2) is 12.1 Å². The van der Waals surface area contributed by atoms with E-state index in [9.17, 15) is 14.9 Å². The first kappa shape index (κ1) is 14.4. The van der Waals surface area contributed by atoms with Crippen LogP contribution < -0.4 is 5.32 Å². The third-order valence-electron chi connectivity index (χ3n) is 2.36. The first-order valence-corrected chi connectivity index (χ1v) is 5.93. The summed E-state index contributed by atoms with van der Waals surface area (Å²) < 4.78 is 0. The number of rotatable bonds is 4. The van der Waals surface area contributed by atoms with Gasteiger partial charge in [0.15, 0.2) is 0 Å². The van der Waals surface area contributed by atoms with Gasteiger partial charge in [0.1, 0.15) is 5.02 Å². The molecule has 0 radical (unpaired) electrons. The maximum Gasteiger partial charge on any atom is 0.288 e. The van der Waals surface area contributed by atoms with Crippen molar-refractivity contribution in [2.75, 3.05) is 5.32 Å². The minimum absolute atomic E-state index is 0.0189. The van der Waals surface area contributed by atoms with Crippen LogP contribution in [-0.2, 0) is 4.79 Å². The summed E-state index contributed by atoms with van der Waals surface area (Å²) in [6.07, 6.45) is 0.397. The second-order valence-corrected chi connectivity index (χ2v) is 4.93. The molecule has 0 aliphatic rings. The van der Waals surface area contributed by atoms with Crippen LogP contribution in [0.4, 0.5) is 11.4 Å². The number of aryl methyl sites for hydroxylation is 1. The van der Waals surface area contributed by atoms with Crippen molar-refractivity contribution in [3.05, 3.63) is 32.8 Å². The van der Waals surface area contributed by atoms with Crippen LogP contribution in [0.3, 0.4) is 0 Å².